The van der Waals surface area contributed by atoms with E-state index in [1.165, 1.54) is 0 Å². The molecule has 4 heteroatoms. The minimum Gasteiger partial charge on any atom is -0.360 e. The zero-order chi connectivity index (χ0) is 12.1. The van der Waals surface area contributed by atoms with E-state index < -0.39 is 0 Å². The number of aromatic amines is 1. The highest BCUT2D eigenvalue weighted by Crippen LogP contribution is 2.18. The molecule has 0 saturated carbocycles. The van der Waals surface area contributed by atoms with Gasteiger partial charge in [-0.05, 0) is 31.7 Å². The lowest BCUT2D eigenvalue weighted by Gasteiger charge is -2.13. The van der Waals surface area contributed by atoms with Crippen LogP contribution >= 0.6 is 0 Å². The van der Waals surface area contributed by atoms with E-state index in [4.69, 9.17) is 0 Å². The van der Waals surface area contributed by atoms with Crippen LogP contribution in [0.4, 0.5) is 0 Å². The van der Waals surface area contributed by atoms with Crippen molar-refractivity contribution in [2.75, 3.05) is 13.6 Å². The van der Waals surface area contributed by atoms with Gasteiger partial charge >= 0.3 is 0 Å². The first-order valence-corrected chi connectivity index (χ1v) is 5.96. The molecule has 0 fully saturated rings. The number of rotatable bonds is 5. The maximum atomic E-state index is 4.62. The summed E-state index contributed by atoms with van der Waals surface area (Å²) in [4.78, 5) is 12.2. The molecule has 0 spiro atoms. The fraction of sp³-hybridized carbons (Fsp3) is 0.385. The van der Waals surface area contributed by atoms with Gasteiger partial charge in [-0.1, -0.05) is 6.92 Å². The Bertz CT molecular complexity index is 450. The van der Waals surface area contributed by atoms with Crippen LogP contribution in [-0.2, 0) is 0 Å². The first-order valence-electron chi connectivity index (χ1n) is 5.96. The first-order chi connectivity index (χ1) is 8.35. The maximum Gasteiger partial charge on any atom is 0.133 e. The SMILES string of the molecule is CCC(CNC)c1nccc(-c2ccc[nH]2)n1. The molecule has 2 aromatic heterocycles. The molecule has 90 valence electrons. The van der Waals surface area contributed by atoms with Gasteiger partial charge < -0.3 is 10.3 Å². The molecular weight excluding hydrogens is 212 g/mol. The summed E-state index contributed by atoms with van der Waals surface area (Å²) >= 11 is 0. The summed E-state index contributed by atoms with van der Waals surface area (Å²) in [6.45, 7) is 3.07. The van der Waals surface area contributed by atoms with Gasteiger partial charge in [-0.25, -0.2) is 9.97 Å². The minimum absolute atomic E-state index is 0.370. The summed E-state index contributed by atoms with van der Waals surface area (Å²) in [5.41, 5.74) is 1.99. The molecule has 0 radical (unpaired) electrons. The summed E-state index contributed by atoms with van der Waals surface area (Å²) in [6.07, 6.45) is 4.77. The Morgan fingerprint density at radius 3 is 2.94 bits per heavy atom. The molecule has 0 aliphatic heterocycles. The molecule has 2 heterocycles. The number of hydrogen-bond donors (Lipinski definition) is 2. The van der Waals surface area contributed by atoms with E-state index in [0.717, 1.165) is 30.2 Å². The second-order valence-corrected chi connectivity index (χ2v) is 4.05. The van der Waals surface area contributed by atoms with E-state index in [-0.39, 0.29) is 0 Å². The molecule has 0 saturated heterocycles. The third kappa shape index (κ3) is 2.71. The van der Waals surface area contributed by atoms with E-state index >= 15 is 0 Å². The number of hydrogen-bond acceptors (Lipinski definition) is 3. The highest BCUT2D eigenvalue weighted by Gasteiger charge is 2.12. The van der Waals surface area contributed by atoms with Crippen molar-refractivity contribution in [3.05, 3.63) is 36.4 Å². The van der Waals surface area contributed by atoms with E-state index in [2.05, 4.69) is 27.2 Å². The highest BCUT2D eigenvalue weighted by molar-refractivity contribution is 5.53. The second kappa shape index (κ2) is 5.59. The van der Waals surface area contributed by atoms with Gasteiger partial charge in [-0.2, -0.15) is 0 Å². The van der Waals surface area contributed by atoms with Gasteiger partial charge in [-0.3, -0.25) is 0 Å². The molecule has 0 bridgehead atoms. The summed E-state index contributed by atoms with van der Waals surface area (Å²) in [6, 6.07) is 5.93. The lowest BCUT2D eigenvalue weighted by atomic mass is 10.1. The van der Waals surface area contributed by atoms with Crippen molar-refractivity contribution >= 4 is 0 Å². The van der Waals surface area contributed by atoms with Crippen molar-refractivity contribution in [1.82, 2.24) is 20.3 Å². The van der Waals surface area contributed by atoms with Crippen molar-refractivity contribution in [3.8, 4) is 11.4 Å². The Balaban J connectivity index is 2.27. The highest BCUT2D eigenvalue weighted by atomic mass is 14.9. The minimum atomic E-state index is 0.370. The van der Waals surface area contributed by atoms with Gasteiger partial charge in [0, 0.05) is 24.9 Å². The van der Waals surface area contributed by atoms with Crippen LogP contribution in [0.1, 0.15) is 25.1 Å². The molecule has 0 aromatic carbocycles. The van der Waals surface area contributed by atoms with Crippen LogP contribution < -0.4 is 5.32 Å². The first kappa shape index (κ1) is 11.8. The molecule has 0 aliphatic rings. The zero-order valence-corrected chi connectivity index (χ0v) is 10.3. The van der Waals surface area contributed by atoms with Gasteiger partial charge in [0.05, 0.1) is 11.4 Å². The van der Waals surface area contributed by atoms with E-state index in [9.17, 15) is 0 Å². The number of likely N-dealkylation sites (N-methyl/N-ethyl adjacent to an activating group) is 1. The lowest BCUT2D eigenvalue weighted by Crippen LogP contribution is -2.18. The Hall–Kier alpha value is -1.68. The standard InChI is InChI=1S/C13H18N4/c1-3-10(9-14-2)13-16-8-6-12(17-13)11-5-4-7-15-11/h4-8,10,14-15H,3,9H2,1-2H3. The van der Waals surface area contributed by atoms with Crippen molar-refractivity contribution in [1.29, 1.82) is 0 Å². The number of nitrogens with zero attached hydrogens (tertiary/aromatic N) is 2. The predicted octanol–water partition coefficient (Wildman–Crippen LogP) is 2.18. The van der Waals surface area contributed by atoms with Crippen LogP contribution in [0.15, 0.2) is 30.6 Å². The summed E-state index contributed by atoms with van der Waals surface area (Å²) in [7, 11) is 1.96. The molecule has 0 aliphatic carbocycles. The topological polar surface area (TPSA) is 53.6 Å². The zero-order valence-electron chi connectivity index (χ0n) is 10.3. The Morgan fingerprint density at radius 1 is 1.41 bits per heavy atom. The average molecular weight is 230 g/mol. The van der Waals surface area contributed by atoms with Crippen LogP contribution in [0.5, 0.6) is 0 Å². The average Bonchev–Trinajstić information content (AvgIpc) is 2.90. The third-order valence-electron chi connectivity index (χ3n) is 2.86. The molecular formula is C13H18N4. The Morgan fingerprint density at radius 2 is 2.29 bits per heavy atom. The quantitative estimate of drug-likeness (QED) is 0.827. The molecule has 0 amide bonds. The van der Waals surface area contributed by atoms with Crippen LogP contribution in [0, 0.1) is 0 Å². The predicted molar refractivity (Wildman–Crippen MR) is 68.8 cm³/mol. The molecule has 17 heavy (non-hydrogen) atoms. The number of nitrogens with one attached hydrogen (secondary N) is 2. The van der Waals surface area contributed by atoms with Gasteiger partial charge in [-0.15, -0.1) is 0 Å². The molecule has 2 aromatic rings. The van der Waals surface area contributed by atoms with Crippen LogP contribution in [0.2, 0.25) is 0 Å². The maximum absolute atomic E-state index is 4.62. The van der Waals surface area contributed by atoms with E-state index in [0.29, 0.717) is 5.92 Å². The van der Waals surface area contributed by atoms with E-state index in [1.54, 1.807) is 0 Å². The van der Waals surface area contributed by atoms with Gasteiger partial charge in [0.1, 0.15) is 5.82 Å². The summed E-state index contributed by atoms with van der Waals surface area (Å²) in [5.74, 6) is 1.28. The Kier molecular flexibility index (Phi) is 3.88. The number of aromatic nitrogens is 3. The molecule has 4 nitrogen and oxygen atoms in total. The van der Waals surface area contributed by atoms with Crippen LogP contribution in [-0.4, -0.2) is 28.5 Å². The summed E-state index contributed by atoms with van der Waals surface area (Å²) in [5, 5.41) is 3.18. The van der Waals surface area contributed by atoms with Crippen LogP contribution in [0.25, 0.3) is 11.4 Å². The van der Waals surface area contributed by atoms with Gasteiger partial charge in [0.15, 0.2) is 0 Å². The van der Waals surface area contributed by atoms with Gasteiger partial charge in [0.25, 0.3) is 0 Å². The summed E-state index contributed by atoms with van der Waals surface area (Å²) < 4.78 is 0. The monoisotopic (exact) mass is 230 g/mol. The fourth-order valence-corrected chi connectivity index (χ4v) is 1.87. The fourth-order valence-electron chi connectivity index (χ4n) is 1.87. The van der Waals surface area contributed by atoms with Gasteiger partial charge in [0.2, 0.25) is 0 Å². The van der Waals surface area contributed by atoms with Crippen molar-refractivity contribution < 1.29 is 0 Å². The normalized spacial score (nSPS) is 12.6. The second-order valence-electron chi connectivity index (χ2n) is 4.05. The largest absolute Gasteiger partial charge is 0.360 e. The van der Waals surface area contributed by atoms with Crippen molar-refractivity contribution in [2.24, 2.45) is 0 Å². The molecule has 2 N–H and O–H groups in total. The molecule has 1 atom stereocenters. The van der Waals surface area contributed by atoms with Crippen molar-refractivity contribution in [3.63, 3.8) is 0 Å². The third-order valence-corrected chi connectivity index (χ3v) is 2.86. The van der Waals surface area contributed by atoms with Crippen molar-refractivity contribution in [2.45, 2.75) is 19.3 Å². The van der Waals surface area contributed by atoms with Crippen LogP contribution in [0.3, 0.4) is 0 Å². The smallest absolute Gasteiger partial charge is 0.133 e. The number of H-pyrrole nitrogens is 1. The lowest BCUT2D eigenvalue weighted by molar-refractivity contribution is 0.580. The Labute approximate surface area is 102 Å². The molecule has 2 rings (SSSR count). The molecule has 1 unspecified atom stereocenters. The van der Waals surface area contributed by atoms with E-state index in [1.807, 2.05) is 37.6 Å².